The smallest absolute Gasteiger partial charge is 0.141 e. The number of nitrogens with zero attached hydrogens (tertiary/aromatic N) is 2. The van der Waals surface area contributed by atoms with Crippen molar-refractivity contribution in [3.8, 4) is 11.3 Å². The molecule has 0 spiro atoms. The van der Waals surface area contributed by atoms with Crippen LogP contribution in [0.1, 0.15) is 31.6 Å². The molecule has 0 aliphatic carbocycles. The minimum absolute atomic E-state index is 0.0934. The SMILES string of the molecule is CC1CCCc2nc(-c3ccc(F)c(Cl)c3)c(N)n21. The molecule has 0 bridgehead atoms. The summed E-state index contributed by atoms with van der Waals surface area (Å²) in [5.74, 6) is 1.22. The second-order valence-electron chi connectivity index (χ2n) is 5.00. The zero-order valence-corrected chi connectivity index (χ0v) is 11.4. The van der Waals surface area contributed by atoms with E-state index in [-0.39, 0.29) is 5.02 Å². The molecule has 0 amide bonds. The fraction of sp³-hybridized carbons (Fsp3) is 0.357. The van der Waals surface area contributed by atoms with Crippen LogP contribution >= 0.6 is 11.6 Å². The Labute approximate surface area is 116 Å². The van der Waals surface area contributed by atoms with Gasteiger partial charge in [-0.2, -0.15) is 0 Å². The van der Waals surface area contributed by atoms with Gasteiger partial charge in [-0.3, -0.25) is 0 Å². The highest BCUT2D eigenvalue weighted by molar-refractivity contribution is 6.31. The number of benzene rings is 1. The minimum atomic E-state index is -0.429. The van der Waals surface area contributed by atoms with Gasteiger partial charge in [0.2, 0.25) is 0 Å². The minimum Gasteiger partial charge on any atom is -0.383 e. The van der Waals surface area contributed by atoms with Gasteiger partial charge in [0.25, 0.3) is 0 Å². The predicted octanol–water partition coefficient (Wildman–Crippen LogP) is 3.82. The third kappa shape index (κ3) is 2.00. The molecular weight excluding hydrogens is 265 g/mol. The van der Waals surface area contributed by atoms with E-state index >= 15 is 0 Å². The Morgan fingerprint density at radius 3 is 2.95 bits per heavy atom. The molecule has 0 radical (unpaired) electrons. The van der Waals surface area contributed by atoms with E-state index < -0.39 is 5.82 Å². The van der Waals surface area contributed by atoms with Crippen LogP contribution in [-0.4, -0.2) is 9.55 Å². The highest BCUT2D eigenvalue weighted by Gasteiger charge is 2.23. The second-order valence-corrected chi connectivity index (χ2v) is 5.41. The Morgan fingerprint density at radius 2 is 2.26 bits per heavy atom. The van der Waals surface area contributed by atoms with E-state index in [9.17, 15) is 4.39 Å². The van der Waals surface area contributed by atoms with Crippen molar-refractivity contribution < 1.29 is 4.39 Å². The summed E-state index contributed by atoms with van der Waals surface area (Å²) in [6.07, 6.45) is 3.17. The van der Waals surface area contributed by atoms with Crippen molar-refractivity contribution in [1.29, 1.82) is 0 Å². The highest BCUT2D eigenvalue weighted by Crippen LogP contribution is 2.35. The first kappa shape index (κ1) is 12.5. The van der Waals surface area contributed by atoms with Crippen LogP contribution in [0.2, 0.25) is 5.02 Å². The van der Waals surface area contributed by atoms with Gasteiger partial charge in [0.05, 0.1) is 5.02 Å². The van der Waals surface area contributed by atoms with E-state index in [1.807, 2.05) is 0 Å². The molecule has 1 aromatic carbocycles. The number of anilines is 1. The topological polar surface area (TPSA) is 43.8 Å². The average molecular weight is 280 g/mol. The van der Waals surface area contributed by atoms with Crippen molar-refractivity contribution in [2.75, 3.05) is 5.73 Å². The quantitative estimate of drug-likeness (QED) is 0.862. The molecule has 100 valence electrons. The number of hydrogen-bond donors (Lipinski definition) is 1. The lowest BCUT2D eigenvalue weighted by Gasteiger charge is -2.22. The molecule has 19 heavy (non-hydrogen) atoms. The summed E-state index contributed by atoms with van der Waals surface area (Å²) >= 11 is 5.82. The molecule has 1 unspecified atom stereocenters. The van der Waals surface area contributed by atoms with Crippen molar-refractivity contribution in [2.24, 2.45) is 0 Å². The molecule has 1 aliphatic heterocycles. The van der Waals surface area contributed by atoms with Crippen LogP contribution in [0, 0.1) is 5.82 Å². The summed E-state index contributed by atoms with van der Waals surface area (Å²) in [6, 6.07) is 4.95. The van der Waals surface area contributed by atoms with Crippen LogP contribution in [0.3, 0.4) is 0 Å². The molecule has 1 aliphatic rings. The summed E-state index contributed by atoms with van der Waals surface area (Å²) in [4.78, 5) is 4.60. The van der Waals surface area contributed by atoms with Crippen molar-refractivity contribution >= 4 is 17.4 Å². The lowest BCUT2D eigenvalue weighted by Crippen LogP contribution is -2.16. The van der Waals surface area contributed by atoms with E-state index in [0.29, 0.717) is 17.6 Å². The molecule has 0 saturated heterocycles. The van der Waals surface area contributed by atoms with Crippen molar-refractivity contribution in [2.45, 2.75) is 32.2 Å². The van der Waals surface area contributed by atoms with Crippen LogP contribution in [0.25, 0.3) is 11.3 Å². The first-order valence-electron chi connectivity index (χ1n) is 6.40. The van der Waals surface area contributed by atoms with E-state index in [0.717, 1.165) is 30.7 Å². The molecule has 1 atom stereocenters. The predicted molar refractivity (Wildman–Crippen MR) is 74.7 cm³/mol. The van der Waals surface area contributed by atoms with Gasteiger partial charge in [-0.25, -0.2) is 9.37 Å². The maximum atomic E-state index is 13.2. The van der Waals surface area contributed by atoms with Gasteiger partial charge in [-0.1, -0.05) is 11.6 Å². The average Bonchev–Trinajstić information content (AvgIpc) is 2.72. The van der Waals surface area contributed by atoms with Crippen molar-refractivity contribution in [3.63, 3.8) is 0 Å². The molecule has 2 aromatic rings. The van der Waals surface area contributed by atoms with Crippen LogP contribution in [0.15, 0.2) is 18.2 Å². The van der Waals surface area contributed by atoms with Crippen LogP contribution in [-0.2, 0) is 6.42 Å². The molecular formula is C14H15ClFN3. The van der Waals surface area contributed by atoms with Crippen molar-refractivity contribution in [3.05, 3.63) is 34.9 Å². The number of rotatable bonds is 1. The maximum absolute atomic E-state index is 13.2. The number of nitrogen functional groups attached to an aromatic ring is 1. The number of nitrogens with two attached hydrogens (primary N) is 1. The van der Waals surface area contributed by atoms with Gasteiger partial charge in [-0.05, 0) is 38.0 Å². The lowest BCUT2D eigenvalue weighted by molar-refractivity contribution is 0.430. The number of hydrogen-bond acceptors (Lipinski definition) is 2. The summed E-state index contributed by atoms with van der Waals surface area (Å²) in [6.45, 7) is 2.14. The fourth-order valence-corrected chi connectivity index (χ4v) is 2.88. The number of imidazole rings is 1. The molecule has 0 fully saturated rings. The Morgan fingerprint density at radius 1 is 1.47 bits per heavy atom. The summed E-state index contributed by atoms with van der Waals surface area (Å²) in [5, 5.41) is 0.0934. The Balaban J connectivity index is 2.13. The molecule has 1 aromatic heterocycles. The van der Waals surface area contributed by atoms with Gasteiger partial charge in [0.15, 0.2) is 0 Å². The van der Waals surface area contributed by atoms with Crippen molar-refractivity contribution in [1.82, 2.24) is 9.55 Å². The molecule has 3 rings (SSSR count). The zero-order chi connectivity index (χ0) is 13.6. The van der Waals surface area contributed by atoms with Gasteiger partial charge in [-0.15, -0.1) is 0 Å². The van der Waals surface area contributed by atoms with Crippen LogP contribution in [0.4, 0.5) is 10.2 Å². The largest absolute Gasteiger partial charge is 0.383 e. The summed E-state index contributed by atoms with van der Waals surface area (Å²) in [7, 11) is 0. The van der Waals surface area contributed by atoms with E-state index in [2.05, 4.69) is 16.5 Å². The Hall–Kier alpha value is -1.55. The first-order chi connectivity index (χ1) is 9.08. The molecule has 0 saturated carbocycles. The fourth-order valence-electron chi connectivity index (χ4n) is 2.70. The number of fused-ring (bicyclic) bond motifs is 1. The van der Waals surface area contributed by atoms with Crippen LogP contribution in [0.5, 0.6) is 0 Å². The van der Waals surface area contributed by atoms with E-state index in [1.165, 1.54) is 6.07 Å². The normalized spacial score (nSPS) is 18.4. The van der Waals surface area contributed by atoms with E-state index in [4.69, 9.17) is 17.3 Å². The standard InChI is InChI=1S/C14H15ClFN3/c1-8-3-2-4-12-18-13(14(17)19(8)12)9-5-6-11(16)10(15)7-9/h5-8H,2-4,17H2,1H3. The first-order valence-corrected chi connectivity index (χ1v) is 6.77. The third-order valence-electron chi connectivity index (χ3n) is 3.68. The molecule has 3 nitrogen and oxygen atoms in total. The molecule has 2 N–H and O–H groups in total. The van der Waals surface area contributed by atoms with Gasteiger partial charge in [0, 0.05) is 18.0 Å². The number of halogens is 2. The van der Waals surface area contributed by atoms with Crippen LogP contribution < -0.4 is 5.73 Å². The third-order valence-corrected chi connectivity index (χ3v) is 3.97. The Bertz CT molecular complexity index is 636. The maximum Gasteiger partial charge on any atom is 0.141 e. The van der Waals surface area contributed by atoms with Gasteiger partial charge in [0.1, 0.15) is 23.2 Å². The summed E-state index contributed by atoms with van der Waals surface area (Å²) in [5.41, 5.74) is 7.66. The molecule has 5 heteroatoms. The highest BCUT2D eigenvalue weighted by atomic mass is 35.5. The monoisotopic (exact) mass is 279 g/mol. The van der Waals surface area contributed by atoms with E-state index in [1.54, 1.807) is 12.1 Å². The zero-order valence-electron chi connectivity index (χ0n) is 10.7. The second kappa shape index (κ2) is 4.53. The van der Waals surface area contributed by atoms with Gasteiger partial charge >= 0.3 is 0 Å². The molecule has 2 heterocycles. The lowest BCUT2D eigenvalue weighted by atomic mass is 10.1. The number of aromatic nitrogens is 2. The summed E-state index contributed by atoms with van der Waals surface area (Å²) < 4.78 is 15.3. The Kier molecular flexibility index (Phi) is 2.97. The number of aryl methyl sites for hydroxylation is 1. The van der Waals surface area contributed by atoms with Gasteiger partial charge < -0.3 is 10.3 Å².